The van der Waals surface area contributed by atoms with Crippen LogP contribution < -0.4 is 11.1 Å². The lowest BCUT2D eigenvalue weighted by atomic mass is 10.4. The molecule has 6 heteroatoms. The second-order valence-corrected chi connectivity index (χ2v) is 3.02. The number of amides is 1. The smallest absolute Gasteiger partial charge is 0.227 e. The highest BCUT2D eigenvalue weighted by Gasteiger charge is 2.02. The van der Waals surface area contributed by atoms with Gasteiger partial charge in [-0.05, 0) is 0 Å². The minimum Gasteiger partial charge on any atom is -0.393 e. The van der Waals surface area contributed by atoms with Gasteiger partial charge in [0.1, 0.15) is 0 Å². The van der Waals surface area contributed by atoms with E-state index in [1.54, 1.807) is 12.5 Å². The van der Waals surface area contributed by atoms with E-state index in [0.29, 0.717) is 6.54 Å². The molecule has 0 aliphatic heterocycles. The molecule has 5 nitrogen and oxygen atoms in total. The molecule has 70 valence electrons. The summed E-state index contributed by atoms with van der Waals surface area (Å²) in [4.78, 5) is 17.9. The van der Waals surface area contributed by atoms with E-state index >= 15 is 0 Å². The number of rotatable bonds is 4. The zero-order chi connectivity index (χ0) is 9.68. The summed E-state index contributed by atoms with van der Waals surface area (Å²) in [6.07, 6.45) is 3.28. The fraction of sp³-hybridized carbons (Fsp3) is 0.286. The molecule has 0 aliphatic carbocycles. The molecule has 0 aromatic carbocycles. The molecule has 0 radical (unpaired) electrons. The second-order valence-electron chi connectivity index (χ2n) is 2.50. The molecular weight excluding hydrogens is 188 g/mol. The van der Waals surface area contributed by atoms with Crippen LogP contribution in [0.15, 0.2) is 12.5 Å². The number of hydrogen-bond acceptors (Lipinski definition) is 3. The first-order valence-corrected chi connectivity index (χ1v) is 4.11. The highest BCUT2D eigenvalue weighted by atomic mass is 32.1. The molecule has 1 aromatic rings. The summed E-state index contributed by atoms with van der Waals surface area (Å²) in [5, 5.41) is 2.64. The van der Waals surface area contributed by atoms with Gasteiger partial charge in [-0.15, -0.1) is 0 Å². The first kappa shape index (κ1) is 9.66. The van der Waals surface area contributed by atoms with Crippen LogP contribution in [0.2, 0.25) is 0 Å². The molecule has 1 amide bonds. The normalized spacial score (nSPS) is 9.54. The van der Waals surface area contributed by atoms with Gasteiger partial charge in [-0.3, -0.25) is 4.79 Å². The van der Waals surface area contributed by atoms with E-state index < -0.39 is 0 Å². The maximum absolute atomic E-state index is 11.0. The number of H-pyrrole nitrogens is 1. The highest BCUT2D eigenvalue weighted by molar-refractivity contribution is 7.80. The van der Waals surface area contributed by atoms with E-state index in [9.17, 15) is 4.79 Å². The third-order valence-corrected chi connectivity index (χ3v) is 1.51. The number of aromatic nitrogens is 2. The summed E-state index contributed by atoms with van der Waals surface area (Å²) >= 11 is 4.58. The lowest BCUT2D eigenvalue weighted by Crippen LogP contribution is -2.27. The Kier molecular flexibility index (Phi) is 3.39. The summed E-state index contributed by atoms with van der Waals surface area (Å²) < 4.78 is 0. The molecule has 0 unspecified atom stereocenters. The number of thiocarbonyl (C=S) groups is 1. The fourth-order valence-corrected chi connectivity index (χ4v) is 0.927. The largest absolute Gasteiger partial charge is 0.393 e. The third kappa shape index (κ3) is 3.66. The predicted molar refractivity (Wildman–Crippen MR) is 51.8 cm³/mol. The number of nitrogens with one attached hydrogen (secondary N) is 2. The van der Waals surface area contributed by atoms with Crippen LogP contribution in [0.4, 0.5) is 0 Å². The van der Waals surface area contributed by atoms with Crippen molar-refractivity contribution >= 4 is 23.1 Å². The molecule has 4 N–H and O–H groups in total. The lowest BCUT2D eigenvalue weighted by molar-refractivity contribution is -0.120. The van der Waals surface area contributed by atoms with E-state index in [4.69, 9.17) is 5.73 Å². The van der Waals surface area contributed by atoms with Crippen LogP contribution >= 0.6 is 12.2 Å². The van der Waals surface area contributed by atoms with Gasteiger partial charge in [0.2, 0.25) is 5.91 Å². The van der Waals surface area contributed by atoms with Crippen LogP contribution in [0, 0.1) is 0 Å². The Hall–Kier alpha value is -1.43. The van der Waals surface area contributed by atoms with Crippen molar-refractivity contribution < 1.29 is 4.79 Å². The number of nitrogens with zero attached hydrogens (tertiary/aromatic N) is 1. The molecule has 13 heavy (non-hydrogen) atoms. The fourth-order valence-electron chi connectivity index (χ4n) is 0.796. The maximum Gasteiger partial charge on any atom is 0.227 e. The Bertz CT molecular complexity index is 295. The van der Waals surface area contributed by atoms with Crippen LogP contribution in [0.3, 0.4) is 0 Å². The van der Waals surface area contributed by atoms with Gasteiger partial charge in [-0.2, -0.15) is 0 Å². The molecule has 0 saturated heterocycles. The summed E-state index contributed by atoms with van der Waals surface area (Å²) in [6, 6.07) is 0. The van der Waals surface area contributed by atoms with Gasteiger partial charge < -0.3 is 16.0 Å². The Morgan fingerprint density at radius 3 is 3.08 bits per heavy atom. The van der Waals surface area contributed by atoms with E-state index in [-0.39, 0.29) is 17.3 Å². The van der Waals surface area contributed by atoms with Gasteiger partial charge in [0.05, 0.1) is 30.0 Å². The topological polar surface area (TPSA) is 83.8 Å². The SMILES string of the molecule is NC(=S)CC(=O)NCc1cnc[nH]1. The maximum atomic E-state index is 11.0. The number of imidazole rings is 1. The van der Waals surface area contributed by atoms with Crippen LogP contribution in [-0.4, -0.2) is 20.9 Å². The number of carbonyl (C=O) groups excluding carboxylic acids is 1. The molecule has 1 aromatic heterocycles. The van der Waals surface area contributed by atoms with Crippen LogP contribution in [0.25, 0.3) is 0 Å². The van der Waals surface area contributed by atoms with Crippen LogP contribution in [0.5, 0.6) is 0 Å². The zero-order valence-corrected chi connectivity index (χ0v) is 7.73. The molecule has 0 atom stereocenters. The van der Waals surface area contributed by atoms with Crippen molar-refractivity contribution in [2.75, 3.05) is 0 Å². The molecule has 0 saturated carbocycles. The van der Waals surface area contributed by atoms with Crippen molar-refractivity contribution in [3.63, 3.8) is 0 Å². The predicted octanol–water partition coefficient (Wildman–Crippen LogP) is -0.298. The standard InChI is InChI=1S/C7H10N4OS/c8-6(13)1-7(12)10-3-5-2-9-4-11-5/h2,4H,1,3H2,(H2,8,13)(H,9,11)(H,10,12). The van der Waals surface area contributed by atoms with Gasteiger partial charge in [0, 0.05) is 6.20 Å². The Labute approximate surface area is 80.7 Å². The number of hydrogen-bond donors (Lipinski definition) is 3. The number of aromatic amines is 1. The van der Waals surface area contributed by atoms with Crippen molar-refractivity contribution in [2.45, 2.75) is 13.0 Å². The van der Waals surface area contributed by atoms with E-state index in [1.807, 2.05) is 0 Å². The van der Waals surface area contributed by atoms with Crippen LogP contribution in [0.1, 0.15) is 12.1 Å². The quantitative estimate of drug-likeness (QED) is 0.580. The molecule has 0 aliphatic rings. The number of carbonyl (C=O) groups is 1. The Morgan fingerprint density at radius 2 is 2.54 bits per heavy atom. The summed E-state index contributed by atoms with van der Waals surface area (Å²) in [6.45, 7) is 0.418. The second kappa shape index (κ2) is 4.56. The Balaban J connectivity index is 2.27. The summed E-state index contributed by atoms with van der Waals surface area (Å²) in [5.74, 6) is -0.179. The van der Waals surface area contributed by atoms with Gasteiger partial charge in [-0.1, -0.05) is 12.2 Å². The number of nitrogens with two attached hydrogens (primary N) is 1. The summed E-state index contributed by atoms with van der Waals surface area (Å²) in [7, 11) is 0. The molecular formula is C7H10N4OS. The van der Waals surface area contributed by atoms with Gasteiger partial charge in [0.25, 0.3) is 0 Å². The molecule has 0 spiro atoms. The molecule has 1 heterocycles. The minimum atomic E-state index is -0.179. The van der Waals surface area contributed by atoms with Crippen molar-refractivity contribution in [3.8, 4) is 0 Å². The van der Waals surface area contributed by atoms with Crippen molar-refractivity contribution in [3.05, 3.63) is 18.2 Å². The van der Waals surface area contributed by atoms with E-state index in [1.165, 1.54) is 0 Å². The highest BCUT2D eigenvalue weighted by Crippen LogP contribution is 1.89. The van der Waals surface area contributed by atoms with Gasteiger partial charge in [-0.25, -0.2) is 4.98 Å². The van der Waals surface area contributed by atoms with E-state index in [0.717, 1.165) is 5.69 Å². The lowest BCUT2D eigenvalue weighted by Gasteiger charge is -2.01. The van der Waals surface area contributed by atoms with Crippen LogP contribution in [-0.2, 0) is 11.3 Å². The first-order valence-electron chi connectivity index (χ1n) is 3.70. The zero-order valence-electron chi connectivity index (χ0n) is 6.91. The average molecular weight is 198 g/mol. The molecule has 0 fully saturated rings. The minimum absolute atomic E-state index is 0.0868. The monoisotopic (exact) mass is 198 g/mol. The summed E-state index contributed by atoms with van der Waals surface area (Å²) in [5.41, 5.74) is 6.04. The third-order valence-electron chi connectivity index (χ3n) is 1.37. The molecule has 1 rings (SSSR count). The molecule has 0 bridgehead atoms. The Morgan fingerprint density at radius 1 is 1.77 bits per heavy atom. The van der Waals surface area contributed by atoms with Gasteiger partial charge in [0.15, 0.2) is 0 Å². The van der Waals surface area contributed by atoms with Crippen molar-refractivity contribution in [1.82, 2.24) is 15.3 Å². The van der Waals surface area contributed by atoms with Crippen molar-refractivity contribution in [1.29, 1.82) is 0 Å². The van der Waals surface area contributed by atoms with Crippen molar-refractivity contribution in [2.24, 2.45) is 5.73 Å². The first-order chi connectivity index (χ1) is 6.18. The van der Waals surface area contributed by atoms with E-state index in [2.05, 4.69) is 27.5 Å². The van der Waals surface area contributed by atoms with Gasteiger partial charge >= 0.3 is 0 Å². The average Bonchev–Trinajstić information content (AvgIpc) is 2.51.